The van der Waals surface area contributed by atoms with Crippen LogP contribution in [0.15, 0.2) is 89.7 Å². The highest BCUT2D eigenvalue weighted by Crippen LogP contribution is 2.35. The predicted molar refractivity (Wildman–Crippen MR) is 166 cm³/mol. The van der Waals surface area contributed by atoms with Crippen LogP contribution in [0.3, 0.4) is 0 Å². The molecule has 3 N–H and O–H groups in total. The third-order valence-corrected chi connectivity index (χ3v) is 7.50. The van der Waals surface area contributed by atoms with E-state index >= 15 is 0 Å². The van der Waals surface area contributed by atoms with E-state index in [2.05, 4.69) is 49.7 Å². The molecular formula is C32H33BrClN3O4. The monoisotopic (exact) mass is 637 g/mol. The van der Waals surface area contributed by atoms with Gasteiger partial charge in [0, 0.05) is 47.3 Å². The molecule has 0 saturated heterocycles. The molecule has 4 rings (SSSR count). The standard InChI is InChI=1S/C32H33BrClN3O4/c1-21(2)41-32(39)29(19-38)37-18-25-14-27(34)30(15-28(25)36-17-22-8-7-13-35-16-22)40-20-24-11-6-12-26(31(24)33)23-9-4-3-5-10-23/h3-16,21,29,36-38H,17-20H2,1-2H3/t29-/m0/s1. The normalized spacial score (nSPS) is 11.8. The van der Waals surface area contributed by atoms with Crippen LogP contribution in [-0.2, 0) is 29.2 Å². The first kappa shape index (κ1) is 30.5. The molecule has 0 spiro atoms. The fourth-order valence-corrected chi connectivity index (χ4v) is 5.02. The summed E-state index contributed by atoms with van der Waals surface area (Å²) in [6.45, 7) is 4.22. The fourth-order valence-electron chi connectivity index (χ4n) is 4.17. The Morgan fingerprint density at radius 1 is 1.02 bits per heavy atom. The number of aliphatic hydroxyl groups is 1. The van der Waals surface area contributed by atoms with Crippen molar-refractivity contribution in [3.8, 4) is 16.9 Å². The highest BCUT2D eigenvalue weighted by molar-refractivity contribution is 9.10. The zero-order valence-corrected chi connectivity index (χ0v) is 25.3. The maximum Gasteiger partial charge on any atom is 0.325 e. The van der Waals surface area contributed by atoms with Crippen molar-refractivity contribution in [2.45, 2.75) is 45.7 Å². The molecule has 0 unspecified atom stereocenters. The van der Waals surface area contributed by atoms with Crippen molar-refractivity contribution >= 4 is 39.2 Å². The van der Waals surface area contributed by atoms with Crippen LogP contribution in [0.4, 0.5) is 5.69 Å². The van der Waals surface area contributed by atoms with E-state index < -0.39 is 18.6 Å². The molecule has 7 nitrogen and oxygen atoms in total. The highest BCUT2D eigenvalue weighted by Gasteiger charge is 2.21. The summed E-state index contributed by atoms with van der Waals surface area (Å²) < 4.78 is 12.4. The second-order valence-electron chi connectivity index (χ2n) is 9.69. The van der Waals surface area contributed by atoms with Gasteiger partial charge in [-0.1, -0.05) is 66.2 Å². The molecule has 0 aliphatic heterocycles. The van der Waals surface area contributed by atoms with E-state index in [1.54, 1.807) is 32.3 Å². The number of carbonyl (C=O) groups is 1. The first-order valence-electron chi connectivity index (χ1n) is 13.3. The van der Waals surface area contributed by atoms with E-state index in [1.807, 2.05) is 48.5 Å². The number of nitrogens with zero attached hydrogens (tertiary/aromatic N) is 1. The van der Waals surface area contributed by atoms with Crippen molar-refractivity contribution in [3.63, 3.8) is 0 Å². The number of hydrogen-bond acceptors (Lipinski definition) is 7. The van der Waals surface area contributed by atoms with Gasteiger partial charge in [-0.05, 0) is 64.2 Å². The van der Waals surface area contributed by atoms with Crippen LogP contribution in [0.25, 0.3) is 11.1 Å². The molecule has 0 saturated carbocycles. The Labute approximate surface area is 254 Å². The average Bonchev–Trinajstić information content (AvgIpc) is 2.97. The van der Waals surface area contributed by atoms with E-state index in [1.165, 1.54) is 0 Å². The van der Waals surface area contributed by atoms with E-state index in [-0.39, 0.29) is 12.6 Å². The Kier molecular flexibility index (Phi) is 11.2. The zero-order chi connectivity index (χ0) is 29.2. The third kappa shape index (κ3) is 8.53. The lowest BCUT2D eigenvalue weighted by Gasteiger charge is -2.20. The maximum atomic E-state index is 12.4. The summed E-state index contributed by atoms with van der Waals surface area (Å²) in [5, 5.41) is 16.7. The minimum Gasteiger partial charge on any atom is -0.487 e. The zero-order valence-electron chi connectivity index (χ0n) is 22.9. The number of carbonyl (C=O) groups excluding carboxylic acids is 1. The maximum absolute atomic E-state index is 12.4. The molecule has 3 aromatic carbocycles. The summed E-state index contributed by atoms with van der Waals surface area (Å²) in [6, 6.07) is 22.9. The van der Waals surface area contributed by atoms with Gasteiger partial charge in [0.1, 0.15) is 18.4 Å². The van der Waals surface area contributed by atoms with Crippen molar-refractivity contribution in [1.82, 2.24) is 10.3 Å². The molecule has 214 valence electrons. The highest BCUT2D eigenvalue weighted by atomic mass is 79.9. The minimum absolute atomic E-state index is 0.262. The number of esters is 1. The fraction of sp³-hybridized carbons (Fsp3) is 0.250. The molecular weight excluding hydrogens is 606 g/mol. The lowest BCUT2D eigenvalue weighted by atomic mass is 10.0. The molecule has 1 aromatic heterocycles. The Bertz CT molecular complexity index is 1440. The Hall–Kier alpha value is -3.43. The van der Waals surface area contributed by atoms with Crippen LogP contribution in [0.2, 0.25) is 5.02 Å². The van der Waals surface area contributed by atoms with Crippen LogP contribution < -0.4 is 15.4 Å². The van der Waals surface area contributed by atoms with Gasteiger partial charge >= 0.3 is 5.97 Å². The van der Waals surface area contributed by atoms with Crippen molar-refractivity contribution in [3.05, 3.63) is 111 Å². The van der Waals surface area contributed by atoms with Crippen LogP contribution in [0.1, 0.15) is 30.5 Å². The van der Waals surface area contributed by atoms with Gasteiger partial charge in [0.15, 0.2) is 0 Å². The van der Waals surface area contributed by atoms with Crippen LogP contribution in [0, 0.1) is 0 Å². The number of pyridine rings is 1. The van der Waals surface area contributed by atoms with Crippen molar-refractivity contribution in [1.29, 1.82) is 0 Å². The summed E-state index contributed by atoms with van der Waals surface area (Å²) in [5.74, 6) is 0.000716. The van der Waals surface area contributed by atoms with Crippen LogP contribution in [0.5, 0.6) is 5.75 Å². The largest absolute Gasteiger partial charge is 0.487 e. The molecule has 1 heterocycles. The van der Waals surface area contributed by atoms with Crippen LogP contribution in [-0.4, -0.2) is 34.8 Å². The summed E-state index contributed by atoms with van der Waals surface area (Å²) in [4.78, 5) is 16.6. The smallest absolute Gasteiger partial charge is 0.325 e. The SMILES string of the molecule is CC(C)OC(=O)[C@H](CO)NCc1cc(Cl)c(OCc2cccc(-c3ccccc3)c2Br)cc1NCc1cccnc1. The number of anilines is 1. The number of aliphatic hydroxyl groups excluding tert-OH is 1. The topological polar surface area (TPSA) is 92.7 Å². The number of benzene rings is 3. The second kappa shape index (κ2) is 15.0. The van der Waals surface area contributed by atoms with Crippen LogP contribution >= 0.6 is 27.5 Å². The Morgan fingerprint density at radius 3 is 2.54 bits per heavy atom. The van der Waals surface area contributed by atoms with Crippen molar-refractivity contribution in [2.24, 2.45) is 0 Å². The van der Waals surface area contributed by atoms with Crippen molar-refractivity contribution in [2.75, 3.05) is 11.9 Å². The number of ether oxygens (including phenoxy) is 2. The molecule has 1 atom stereocenters. The summed E-state index contributed by atoms with van der Waals surface area (Å²) in [5.41, 5.74) is 5.73. The minimum atomic E-state index is -0.868. The Balaban J connectivity index is 1.55. The van der Waals surface area contributed by atoms with E-state index in [0.29, 0.717) is 23.9 Å². The summed E-state index contributed by atoms with van der Waals surface area (Å²) >= 11 is 10.4. The van der Waals surface area contributed by atoms with E-state index in [9.17, 15) is 9.90 Å². The third-order valence-electron chi connectivity index (χ3n) is 6.27. The molecule has 41 heavy (non-hydrogen) atoms. The van der Waals surface area contributed by atoms with Gasteiger partial charge in [-0.25, -0.2) is 0 Å². The Morgan fingerprint density at radius 2 is 1.83 bits per heavy atom. The number of halogens is 2. The number of rotatable bonds is 13. The first-order chi connectivity index (χ1) is 19.9. The molecule has 0 bridgehead atoms. The number of nitrogens with one attached hydrogen (secondary N) is 2. The van der Waals surface area contributed by atoms with Gasteiger partial charge in [0.25, 0.3) is 0 Å². The van der Waals surface area contributed by atoms with Crippen molar-refractivity contribution < 1.29 is 19.4 Å². The van der Waals surface area contributed by atoms with Gasteiger partial charge in [0.2, 0.25) is 0 Å². The van der Waals surface area contributed by atoms with Gasteiger partial charge in [-0.2, -0.15) is 0 Å². The lowest BCUT2D eigenvalue weighted by molar-refractivity contribution is -0.151. The summed E-state index contributed by atoms with van der Waals surface area (Å²) in [6.07, 6.45) is 3.23. The molecule has 4 aromatic rings. The van der Waals surface area contributed by atoms with Gasteiger partial charge in [-0.15, -0.1) is 0 Å². The molecule has 0 amide bonds. The van der Waals surface area contributed by atoms with E-state index in [4.69, 9.17) is 21.1 Å². The van der Waals surface area contributed by atoms with Gasteiger partial charge in [-0.3, -0.25) is 15.1 Å². The summed E-state index contributed by atoms with van der Waals surface area (Å²) in [7, 11) is 0. The van der Waals surface area contributed by atoms with Gasteiger partial charge < -0.3 is 19.9 Å². The second-order valence-corrected chi connectivity index (χ2v) is 10.9. The predicted octanol–water partition coefficient (Wildman–Crippen LogP) is 6.76. The number of hydrogen-bond donors (Lipinski definition) is 3. The molecule has 0 aliphatic carbocycles. The number of aromatic nitrogens is 1. The van der Waals surface area contributed by atoms with E-state index in [0.717, 1.165) is 38.0 Å². The first-order valence-corrected chi connectivity index (χ1v) is 14.5. The molecule has 9 heteroatoms. The molecule has 0 aliphatic rings. The molecule has 0 radical (unpaired) electrons. The quantitative estimate of drug-likeness (QED) is 0.139. The molecule has 0 fully saturated rings. The van der Waals surface area contributed by atoms with Gasteiger partial charge in [0.05, 0.1) is 17.7 Å². The average molecular weight is 639 g/mol. The lowest BCUT2D eigenvalue weighted by Crippen LogP contribution is -2.41.